The van der Waals surface area contributed by atoms with Gasteiger partial charge in [-0.15, -0.1) is 0 Å². The van der Waals surface area contributed by atoms with Crippen molar-refractivity contribution in [1.82, 2.24) is 10.3 Å². The zero-order chi connectivity index (χ0) is 11.3. The molecule has 0 atom stereocenters. The van der Waals surface area contributed by atoms with E-state index in [-0.39, 0.29) is 5.91 Å². The summed E-state index contributed by atoms with van der Waals surface area (Å²) in [5.74, 6) is 0.833. The fourth-order valence-corrected chi connectivity index (χ4v) is 1.21. The second-order valence-electron chi connectivity index (χ2n) is 3.18. The number of halogens is 1. The fourth-order valence-electron chi connectivity index (χ4n) is 1.10. The predicted octanol–water partition coefficient (Wildman–Crippen LogP) is 1.31. The van der Waals surface area contributed by atoms with E-state index in [1.165, 1.54) is 0 Å². The molecule has 0 aliphatic heterocycles. The minimum Gasteiger partial charge on any atom is -0.359 e. The number of nitrogens with zero attached hydrogens (tertiary/aromatic N) is 2. The largest absolute Gasteiger partial charge is 0.359 e. The first-order valence-electron chi connectivity index (χ1n) is 4.66. The van der Waals surface area contributed by atoms with E-state index in [2.05, 4.69) is 10.3 Å². The molecular weight excluding hydrogens is 214 g/mol. The lowest BCUT2D eigenvalue weighted by Crippen LogP contribution is -2.26. The van der Waals surface area contributed by atoms with Gasteiger partial charge in [-0.2, -0.15) is 0 Å². The third-order valence-electron chi connectivity index (χ3n) is 2.06. The number of amides is 1. The Kier molecular flexibility index (Phi) is 4.37. The van der Waals surface area contributed by atoms with Gasteiger partial charge in [-0.25, -0.2) is 4.98 Å². The van der Waals surface area contributed by atoms with Crippen LogP contribution in [0.15, 0.2) is 18.3 Å². The lowest BCUT2D eigenvalue weighted by molar-refractivity contribution is -0.120. The Bertz CT molecular complexity index is 326. The first-order chi connectivity index (χ1) is 7.13. The van der Waals surface area contributed by atoms with E-state index in [4.69, 9.17) is 11.6 Å². The maximum Gasteiger partial charge on any atom is 0.221 e. The normalized spacial score (nSPS) is 9.80. The molecule has 0 radical (unpaired) electrons. The Morgan fingerprint density at radius 1 is 1.60 bits per heavy atom. The molecule has 0 spiro atoms. The average Bonchev–Trinajstić information content (AvgIpc) is 2.26. The molecule has 1 amide bonds. The first kappa shape index (κ1) is 11.8. The first-order valence-corrected chi connectivity index (χ1v) is 5.04. The number of pyridine rings is 1. The van der Waals surface area contributed by atoms with Gasteiger partial charge < -0.3 is 10.2 Å². The molecule has 0 fully saturated rings. The van der Waals surface area contributed by atoms with Crippen LogP contribution in [0.5, 0.6) is 0 Å². The van der Waals surface area contributed by atoms with E-state index in [9.17, 15) is 4.79 Å². The van der Waals surface area contributed by atoms with Gasteiger partial charge >= 0.3 is 0 Å². The highest BCUT2D eigenvalue weighted by atomic mass is 35.5. The van der Waals surface area contributed by atoms with Crippen molar-refractivity contribution in [1.29, 1.82) is 0 Å². The van der Waals surface area contributed by atoms with Crippen LogP contribution in [-0.4, -0.2) is 31.5 Å². The second kappa shape index (κ2) is 5.56. The number of hydrogen-bond acceptors (Lipinski definition) is 3. The van der Waals surface area contributed by atoms with E-state index < -0.39 is 0 Å². The molecule has 0 bridgehead atoms. The van der Waals surface area contributed by atoms with E-state index in [0.717, 1.165) is 5.82 Å². The van der Waals surface area contributed by atoms with Gasteiger partial charge in [0.1, 0.15) is 5.82 Å². The summed E-state index contributed by atoms with van der Waals surface area (Å²) in [6.45, 7) is 0.633. The monoisotopic (exact) mass is 227 g/mol. The zero-order valence-electron chi connectivity index (χ0n) is 8.83. The van der Waals surface area contributed by atoms with Gasteiger partial charge in [-0.3, -0.25) is 4.79 Å². The van der Waals surface area contributed by atoms with Crippen molar-refractivity contribution in [3.63, 3.8) is 0 Å². The lowest BCUT2D eigenvalue weighted by Gasteiger charge is -2.17. The summed E-state index contributed by atoms with van der Waals surface area (Å²) in [5.41, 5.74) is 0. The smallest absolute Gasteiger partial charge is 0.221 e. The molecule has 0 saturated heterocycles. The van der Waals surface area contributed by atoms with Crippen molar-refractivity contribution in [2.45, 2.75) is 6.42 Å². The summed E-state index contributed by atoms with van der Waals surface area (Å²) < 4.78 is 0. The molecule has 82 valence electrons. The molecule has 0 aliphatic carbocycles. The highest BCUT2D eigenvalue weighted by Crippen LogP contribution is 2.12. The number of nitrogens with one attached hydrogen (secondary N) is 1. The Hall–Kier alpha value is -1.29. The minimum absolute atomic E-state index is 0.0239. The van der Waals surface area contributed by atoms with E-state index >= 15 is 0 Å². The van der Waals surface area contributed by atoms with Crippen molar-refractivity contribution < 1.29 is 4.79 Å². The number of hydrogen-bond donors (Lipinski definition) is 1. The highest BCUT2D eigenvalue weighted by molar-refractivity contribution is 6.30. The second-order valence-corrected chi connectivity index (χ2v) is 3.62. The molecule has 4 nitrogen and oxygen atoms in total. The summed E-state index contributed by atoms with van der Waals surface area (Å²) in [6, 6.07) is 3.60. The topological polar surface area (TPSA) is 45.2 Å². The third-order valence-corrected chi connectivity index (χ3v) is 2.28. The van der Waals surface area contributed by atoms with Gasteiger partial charge in [0.25, 0.3) is 0 Å². The number of rotatable bonds is 4. The van der Waals surface area contributed by atoms with Gasteiger partial charge in [0.2, 0.25) is 5.91 Å². The van der Waals surface area contributed by atoms with Gasteiger partial charge in [-0.1, -0.05) is 11.6 Å². The molecule has 0 unspecified atom stereocenters. The Morgan fingerprint density at radius 2 is 2.33 bits per heavy atom. The van der Waals surface area contributed by atoms with Gasteiger partial charge in [0.05, 0.1) is 5.02 Å². The number of carbonyl (C=O) groups is 1. The summed E-state index contributed by atoms with van der Waals surface area (Å²) in [4.78, 5) is 17.1. The standard InChI is InChI=1S/C10H14ClN3O/c1-12-10(15)5-6-14(2)9-4-3-8(11)7-13-9/h3-4,7H,5-6H2,1-2H3,(H,12,15). The molecular formula is C10H14ClN3O. The highest BCUT2D eigenvalue weighted by Gasteiger charge is 2.04. The lowest BCUT2D eigenvalue weighted by atomic mass is 10.3. The van der Waals surface area contributed by atoms with Crippen molar-refractivity contribution in [2.24, 2.45) is 0 Å². The van der Waals surface area contributed by atoms with Gasteiger partial charge in [-0.05, 0) is 12.1 Å². The Morgan fingerprint density at radius 3 is 2.87 bits per heavy atom. The van der Waals surface area contributed by atoms with E-state index in [1.807, 2.05) is 18.0 Å². The van der Waals surface area contributed by atoms with Crippen LogP contribution in [0.25, 0.3) is 0 Å². The van der Waals surface area contributed by atoms with Crippen molar-refractivity contribution in [3.8, 4) is 0 Å². The van der Waals surface area contributed by atoms with Crippen molar-refractivity contribution >= 4 is 23.3 Å². The molecule has 15 heavy (non-hydrogen) atoms. The Balaban J connectivity index is 2.50. The van der Waals surface area contributed by atoms with Gasteiger partial charge in [0.15, 0.2) is 0 Å². The van der Waals surface area contributed by atoms with Crippen LogP contribution in [0, 0.1) is 0 Å². The minimum atomic E-state index is 0.0239. The maximum absolute atomic E-state index is 11.0. The maximum atomic E-state index is 11.0. The van der Waals surface area contributed by atoms with Crippen LogP contribution in [-0.2, 0) is 4.79 Å². The molecule has 1 aromatic heterocycles. The third kappa shape index (κ3) is 3.75. The molecule has 1 N–H and O–H groups in total. The zero-order valence-corrected chi connectivity index (χ0v) is 9.58. The molecule has 1 heterocycles. The quantitative estimate of drug-likeness (QED) is 0.844. The molecule has 1 rings (SSSR count). The molecule has 5 heteroatoms. The molecule has 0 aliphatic rings. The average molecular weight is 228 g/mol. The number of carbonyl (C=O) groups excluding carboxylic acids is 1. The number of anilines is 1. The molecule has 1 aromatic rings. The predicted molar refractivity (Wildman–Crippen MR) is 61.2 cm³/mol. The summed E-state index contributed by atoms with van der Waals surface area (Å²) in [5, 5.41) is 3.18. The number of aromatic nitrogens is 1. The van der Waals surface area contributed by atoms with E-state index in [1.54, 1.807) is 19.3 Å². The fraction of sp³-hybridized carbons (Fsp3) is 0.400. The van der Waals surface area contributed by atoms with Gasteiger partial charge in [0, 0.05) is 33.3 Å². The van der Waals surface area contributed by atoms with E-state index in [0.29, 0.717) is 18.0 Å². The van der Waals surface area contributed by atoms with Crippen LogP contribution in [0.3, 0.4) is 0 Å². The summed E-state index contributed by atoms with van der Waals surface area (Å²) in [7, 11) is 3.52. The van der Waals surface area contributed by atoms with Crippen LogP contribution >= 0.6 is 11.6 Å². The van der Waals surface area contributed by atoms with Crippen LogP contribution < -0.4 is 10.2 Å². The molecule has 0 saturated carbocycles. The van der Waals surface area contributed by atoms with Crippen molar-refractivity contribution in [3.05, 3.63) is 23.4 Å². The van der Waals surface area contributed by atoms with Crippen molar-refractivity contribution in [2.75, 3.05) is 25.5 Å². The van der Waals surface area contributed by atoms with Crippen LogP contribution in [0.4, 0.5) is 5.82 Å². The molecule has 0 aromatic carbocycles. The summed E-state index contributed by atoms with van der Waals surface area (Å²) in [6.07, 6.45) is 2.05. The summed E-state index contributed by atoms with van der Waals surface area (Å²) >= 11 is 5.72. The van der Waals surface area contributed by atoms with Crippen LogP contribution in [0.2, 0.25) is 5.02 Å². The Labute approximate surface area is 94.3 Å². The van der Waals surface area contributed by atoms with Crippen LogP contribution in [0.1, 0.15) is 6.42 Å². The SMILES string of the molecule is CNC(=O)CCN(C)c1ccc(Cl)cn1.